The van der Waals surface area contributed by atoms with Crippen LogP contribution in [0.15, 0.2) is 75.7 Å². The number of hydrogen-bond acceptors (Lipinski definition) is 15. The molecule has 1 unspecified atom stereocenters. The molecule has 0 spiro atoms. The first kappa shape index (κ1) is 58.0. The van der Waals surface area contributed by atoms with Crippen molar-refractivity contribution in [1.82, 2.24) is 31.3 Å². The highest BCUT2D eigenvalue weighted by molar-refractivity contribution is 7.89. The summed E-state index contributed by atoms with van der Waals surface area (Å²) in [5, 5.41) is 18.8. The number of azo groups is 2. The third-order valence-electron chi connectivity index (χ3n) is 11.8. The van der Waals surface area contributed by atoms with E-state index in [0.29, 0.717) is 28.9 Å². The summed E-state index contributed by atoms with van der Waals surface area (Å²) in [6.45, 7) is 9.82. The van der Waals surface area contributed by atoms with Crippen molar-refractivity contribution in [2.75, 3.05) is 53.5 Å². The van der Waals surface area contributed by atoms with E-state index in [1.807, 2.05) is 19.2 Å². The first-order valence-electron chi connectivity index (χ1n) is 24.9. The number of esters is 2. The third kappa shape index (κ3) is 18.5. The fourth-order valence-corrected chi connectivity index (χ4v) is 9.93. The van der Waals surface area contributed by atoms with E-state index in [4.69, 9.17) is 24.1 Å². The Balaban J connectivity index is 1.05. The molecule has 402 valence electrons. The van der Waals surface area contributed by atoms with E-state index < -0.39 is 64.1 Å². The highest BCUT2D eigenvalue weighted by atomic mass is 32.2. The molecular weight excluding hydrogens is 975 g/mol. The number of methoxy groups -OCH3 is 1. The number of ether oxygens (including phenoxy) is 4. The molecule has 0 fully saturated rings. The number of alkyl carbamates (subject to hydrolysis) is 1. The van der Waals surface area contributed by atoms with Crippen LogP contribution in [0.1, 0.15) is 117 Å². The summed E-state index contributed by atoms with van der Waals surface area (Å²) in [5.41, 5.74) is 2.77. The van der Waals surface area contributed by atoms with Crippen molar-refractivity contribution in [2.45, 2.75) is 128 Å². The first-order valence-corrected chi connectivity index (χ1v) is 26.4. The highest BCUT2D eigenvalue weighted by Crippen LogP contribution is 2.37. The number of fused-ring (bicyclic) bond motifs is 1. The van der Waals surface area contributed by atoms with Crippen LogP contribution in [0.4, 0.5) is 10.5 Å². The molecule has 3 aromatic rings. The lowest BCUT2D eigenvalue weighted by Gasteiger charge is -2.21. The molecule has 4 amide bonds. The molecular formula is C52H72N9O12S+. The van der Waals surface area contributed by atoms with E-state index in [2.05, 4.69) is 36.3 Å². The van der Waals surface area contributed by atoms with E-state index >= 15 is 0 Å². The summed E-state index contributed by atoms with van der Waals surface area (Å²) in [4.78, 5) is 81.4. The van der Waals surface area contributed by atoms with Crippen LogP contribution in [0.2, 0.25) is 0 Å². The molecule has 3 atom stereocenters. The number of nitrogens with one attached hydrogen (secondary N) is 6. The fraction of sp³-hybridized carbons (Fsp3) is 0.519. The molecule has 22 heteroatoms. The van der Waals surface area contributed by atoms with Crippen LogP contribution in [0.25, 0.3) is 0 Å². The number of carbonyl (C=O) groups is 6. The number of aliphatic imine (C=N–C) groups is 1. The molecule has 2 heterocycles. The minimum atomic E-state index is -4.34. The molecule has 0 saturated heterocycles. The van der Waals surface area contributed by atoms with Crippen LogP contribution in [-0.2, 0) is 50.0 Å². The molecule has 0 bridgehead atoms. The number of sulfonamides is 1. The Hall–Kier alpha value is -6.94. The van der Waals surface area contributed by atoms with Crippen molar-refractivity contribution in [2.24, 2.45) is 10.1 Å². The van der Waals surface area contributed by atoms with Crippen LogP contribution in [0.3, 0.4) is 0 Å². The molecule has 74 heavy (non-hydrogen) atoms. The van der Waals surface area contributed by atoms with E-state index in [-0.39, 0.29) is 62.4 Å². The van der Waals surface area contributed by atoms with Crippen LogP contribution >= 0.6 is 0 Å². The smallest absolute Gasteiger partial charge is 0.408 e. The maximum Gasteiger partial charge on any atom is 0.408 e. The molecule has 0 saturated carbocycles. The Kier molecular flexibility index (Phi) is 21.9. The van der Waals surface area contributed by atoms with Crippen LogP contribution in [0, 0.1) is 13.8 Å². The van der Waals surface area contributed by atoms with Crippen LogP contribution in [-0.4, -0.2) is 126 Å². The molecule has 6 N–H and O–H groups in total. The molecule has 5 rings (SSSR count). The van der Waals surface area contributed by atoms with E-state index in [1.165, 1.54) is 12.1 Å². The monoisotopic (exact) mass is 1050 g/mol. The van der Waals surface area contributed by atoms with Gasteiger partial charge >= 0.3 is 18.0 Å². The maximum absolute atomic E-state index is 13.8. The Morgan fingerprint density at radius 2 is 1.59 bits per heavy atom. The largest absolute Gasteiger partial charge is 0.494 e. The minimum Gasteiger partial charge on any atom is -0.494 e. The zero-order chi connectivity index (χ0) is 53.8. The summed E-state index contributed by atoms with van der Waals surface area (Å²) in [6.07, 6.45) is 4.32. The highest BCUT2D eigenvalue weighted by Gasteiger charge is 2.33. The molecule has 3 aromatic carbocycles. The van der Waals surface area contributed by atoms with Crippen molar-refractivity contribution in [3.8, 4) is 5.75 Å². The van der Waals surface area contributed by atoms with Crippen LogP contribution < -0.4 is 36.0 Å². The normalized spacial score (nSPS) is 15.0. The van der Waals surface area contributed by atoms with Gasteiger partial charge in [-0.05, 0) is 119 Å². The standard InChI is InChI=1S/C52H71N9O12S/c1-34-29-38(71-28-14-19-45(62)55-26-27-56-49(65)41(22-23-46(63)73-52(3,4)5)58-51(67)72-33-36-15-9-8-10-16-36)30-35(2)47(34)74(68,69)60-42(50(66)70-7)32-57-48(64)37-20-21-39-40(59-61(6)43(39)31-37)17-13-25-54-44-18-11-12-24-53-44/h8-10,15-16,20-21,29-31,40-42,60H,11-14,17-19,22-28,32-33H2,1-7H3,(H4-,53,54,55,56,57,58,62,64,65,67)/p+1/t40?,41-,42-/m0/s1. The molecule has 0 radical (unpaired) electrons. The number of carbonyl (C=O) groups excluding carboxylic acids is 6. The van der Waals surface area contributed by atoms with E-state index in [9.17, 15) is 37.2 Å². The van der Waals surface area contributed by atoms with Gasteiger partial charge in [-0.15, -0.1) is 0 Å². The maximum atomic E-state index is 13.8. The van der Waals surface area contributed by atoms with E-state index in [0.717, 1.165) is 75.0 Å². The second-order valence-corrected chi connectivity index (χ2v) is 20.7. The Labute approximate surface area is 433 Å². The molecule has 0 aliphatic carbocycles. The zero-order valence-electron chi connectivity index (χ0n) is 43.5. The number of hydrogen-bond donors (Lipinski definition) is 6. The number of aryl methyl sites for hydroxylation is 2. The topological polar surface area (TPSA) is 273 Å². The summed E-state index contributed by atoms with van der Waals surface area (Å²) >= 11 is 0. The van der Waals surface area contributed by atoms with Gasteiger partial charge in [0.1, 0.15) is 36.1 Å². The van der Waals surface area contributed by atoms with Gasteiger partial charge in [-0.25, -0.2) is 13.2 Å². The van der Waals surface area contributed by atoms with Gasteiger partial charge in [0.2, 0.25) is 27.5 Å². The van der Waals surface area contributed by atoms with Crippen molar-refractivity contribution in [3.63, 3.8) is 0 Å². The number of amidine groups is 1. The lowest BCUT2D eigenvalue weighted by Crippen LogP contribution is -2.49. The second kappa shape index (κ2) is 27.9. The van der Waals surface area contributed by atoms with Crippen molar-refractivity contribution >= 4 is 57.3 Å². The molecule has 21 nitrogen and oxygen atoms in total. The number of nitrogens with zero attached hydrogens (tertiary/aromatic N) is 3. The van der Waals surface area contributed by atoms with Crippen LogP contribution in [0.5, 0.6) is 5.75 Å². The molecule has 2 aliphatic heterocycles. The van der Waals surface area contributed by atoms with Gasteiger partial charge in [-0.1, -0.05) is 35.0 Å². The SMILES string of the molecule is COC(=O)[C@H](CNC(=O)c1ccc2c(c1)[N+](C)=NC2CCCNC1=NCCCC1)NS(=O)(=O)c1c(C)cc(OCCCC(=O)NCCNC(=O)[C@H](CCC(=O)OC(C)(C)C)NC(=O)OCc2ccccc2)cc1C. The minimum absolute atomic E-state index is 0.0197. The Bertz CT molecular complexity index is 2610. The van der Waals surface area contributed by atoms with Gasteiger partial charge in [0.25, 0.3) is 5.91 Å². The van der Waals surface area contributed by atoms with Crippen molar-refractivity contribution in [3.05, 3.63) is 88.5 Å². The lowest BCUT2D eigenvalue weighted by atomic mass is 10.00. The fourth-order valence-electron chi connectivity index (χ4n) is 8.29. The van der Waals surface area contributed by atoms with Gasteiger partial charge in [0.05, 0.1) is 30.0 Å². The predicted octanol–water partition coefficient (Wildman–Crippen LogP) is 5.09. The van der Waals surface area contributed by atoms with E-state index in [1.54, 1.807) is 75.7 Å². The van der Waals surface area contributed by atoms with Gasteiger partial charge in [-0.2, -0.15) is 4.72 Å². The lowest BCUT2D eigenvalue weighted by molar-refractivity contribution is -0.478. The summed E-state index contributed by atoms with van der Waals surface area (Å²) in [5.74, 6) is -1.41. The zero-order valence-corrected chi connectivity index (χ0v) is 44.3. The second-order valence-electron chi connectivity index (χ2n) is 19.1. The summed E-state index contributed by atoms with van der Waals surface area (Å²) < 4.78 is 53.2. The van der Waals surface area contributed by atoms with Gasteiger partial charge in [-0.3, -0.25) is 29.0 Å². The summed E-state index contributed by atoms with van der Waals surface area (Å²) in [6, 6.07) is 14.7. The Morgan fingerprint density at radius 1 is 0.865 bits per heavy atom. The van der Waals surface area contributed by atoms with Crippen molar-refractivity contribution in [1.29, 1.82) is 0 Å². The number of benzene rings is 3. The summed E-state index contributed by atoms with van der Waals surface area (Å²) in [7, 11) is -1.39. The molecule has 2 aliphatic rings. The van der Waals surface area contributed by atoms with Crippen molar-refractivity contribution < 1.29 is 60.8 Å². The third-order valence-corrected chi connectivity index (χ3v) is 13.6. The van der Waals surface area contributed by atoms with Gasteiger partial charge < -0.3 is 45.5 Å². The quantitative estimate of drug-likeness (QED) is 0.0265. The van der Waals surface area contributed by atoms with Gasteiger partial charge in [0.15, 0.2) is 7.05 Å². The average molecular weight is 1050 g/mol. The van der Waals surface area contributed by atoms with Gasteiger partial charge in [0, 0.05) is 63.6 Å². The predicted molar refractivity (Wildman–Crippen MR) is 275 cm³/mol. The average Bonchev–Trinajstić information content (AvgIpc) is 3.67. The Morgan fingerprint density at radius 3 is 2.28 bits per heavy atom. The molecule has 0 aromatic heterocycles. The number of rotatable bonds is 26. The number of amides is 4. The first-order chi connectivity index (χ1) is 35.2.